The van der Waals surface area contributed by atoms with E-state index in [0.29, 0.717) is 25.3 Å². The number of rotatable bonds is 4. The van der Waals surface area contributed by atoms with Crippen LogP contribution >= 0.6 is 0 Å². The van der Waals surface area contributed by atoms with Gasteiger partial charge in [0, 0.05) is 48.9 Å². The second kappa shape index (κ2) is 7.79. The number of hydrogen-bond acceptors (Lipinski definition) is 4. The van der Waals surface area contributed by atoms with Crippen molar-refractivity contribution in [3.63, 3.8) is 0 Å². The van der Waals surface area contributed by atoms with Crippen molar-refractivity contribution in [1.29, 1.82) is 0 Å². The van der Waals surface area contributed by atoms with E-state index in [1.54, 1.807) is 24.2 Å². The first-order valence-corrected chi connectivity index (χ1v) is 9.54. The first kappa shape index (κ1) is 18.7. The Balaban J connectivity index is 1.45. The Morgan fingerprint density at radius 2 is 2.14 bits per heavy atom. The molecule has 0 aliphatic carbocycles. The van der Waals surface area contributed by atoms with Gasteiger partial charge in [-0.3, -0.25) is 9.59 Å². The van der Waals surface area contributed by atoms with Crippen molar-refractivity contribution in [3.05, 3.63) is 59.4 Å². The van der Waals surface area contributed by atoms with Crippen molar-refractivity contribution in [1.82, 2.24) is 14.9 Å². The van der Waals surface area contributed by atoms with Crippen LogP contribution in [0, 0.1) is 6.92 Å². The molecule has 0 saturated heterocycles. The maximum absolute atomic E-state index is 12.6. The fraction of sp³-hybridized carbons (Fsp3) is 0.227. The summed E-state index contributed by atoms with van der Waals surface area (Å²) in [5, 5.41) is 7.12. The zero-order valence-electron chi connectivity index (χ0n) is 16.5. The molecule has 4 rings (SSSR count). The van der Waals surface area contributed by atoms with E-state index in [2.05, 4.69) is 33.6 Å². The summed E-state index contributed by atoms with van der Waals surface area (Å²) in [7, 11) is 1.78. The van der Waals surface area contributed by atoms with Crippen molar-refractivity contribution in [3.8, 4) is 0 Å². The van der Waals surface area contributed by atoms with Crippen LogP contribution in [0.15, 0.2) is 42.6 Å². The number of aryl methyl sites for hydroxylation is 1. The molecule has 148 valence electrons. The highest BCUT2D eigenvalue weighted by molar-refractivity contribution is 5.95. The van der Waals surface area contributed by atoms with Crippen molar-refractivity contribution < 1.29 is 9.59 Å². The highest BCUT2D eigenvalue weighted by atomic mass is 16.2. The number of carbonyl (C=O) groups excluding carboxylic acids is 2. The molecule has 7 heteroatoms. The molecular weight excluding hydrogens is 366 g/mol. The first-order valence-electron chi connectivity index (χ1n) is 9.54. The van der Waals surface area contributed by atoms with E-state index in [4.69, 9.17) is 0 Å². The van der Waals surface area contributed by atoms with E-state index in [-0.39, 0.29) is 11.8 Å². The minimum Gasteiger partial charge on any atom is -0.382 e. The summed E-state index contributed by atoms with van der Waals surface area (Å²) >= 11 is 0. The maximum atomic E-state index is 12.6. The SMILES string of the molecule is Cc1c(CN(C)C(=O)/C=C/c2cnc3c(c2)NCCC(=O)N3)[nH]c2ccccc12. The zero-order valence-corrected chi connectivity index (χ0v) is 16.5. The molecule has 0 radical (unpaired) electrons. The molecule has 0 unspecified atom stereocenters. The number of benzene rings is 1. The Bertz CT molecular complexity index is 1120. The molecule has 2 aromatic heterocycles. The van der Waals surface area contributed by atoms with Gasteiger partial charge in [-0.1, -0.05) is 18.2 Å². The number of fused-ring (bicyclic) bond motifs is 2. The van der Waals surface area contributed by atoms with Gasteiger partial charge in [-0.25, -0.2) is 4.98 Å². The molecule has 0 spiro atoms. The van der Waals surface area contributed by atoms with E-state index in [0.717, 1.165) is 28.0 Å². The predicted octanol–water partition coefficient (Wildman–Crippen LogP) is 3.30. The fourth-order valence-electron chi connectivity index (χ4n) is 3.42. The predicted molar refractivity (Wildman–Crippen MR) is 115 cm³/mol. The molecule has 3 aromatic rings. The summed E-state index contributed by atoms with van der Waals surface area (Å²) < 4.78 is 0. The molecule has 7 nitrogen and oxygen atoms in total. The average molecular weight is 389 g/mol. The number of pyridine rings is 1. The minimum absolute atomic E-state index is 0.0592. The molecule has 0 bridgehead atoms. The van der Waals surface area contributed by atoms with Crippen molar-refractivity contribution >= 4 is 40.3 Å². The third-order valence-electron chi connectivity index (χ3n) is 5.09. The smallest absolute Gasteiger partial charge is 0.246 e. The number of H-pyrrole nitrogens is 1. The molecule has 0 saturated carbocycles. The van der Waals surface area contributed by atoms with Crippen LogP contribution < -0.4 is 10.6 Å². The quantitative estimate of drug-likeness (QED) is 0.597. The normalized spacial score (nSPS) is 13.7. The van der Waals surface area contributed by atoms with Gasteiger partial charge in [0.1, 0.15) is 0 Å². The third-order valence-corrected chi connectivity index (χ3v) is 5.09. The molecule has 3 N–H and O–H groups in total. The van der Waals surface area contributed by atoms with Crippen LogP contribution in [0.2, 0.25) is 0 Å². The molecule has 3 heterocycles. The largest absolute Gasteiger partial charge is 0.382 e. The standard InChI is InChI=1S/C22H23N5O2/c1-14-16-5-3-4-6-17(16)25-19(14)13-27(2)21(29)8-7-15-11-18-22(24-12-15)26-20(28)9-10-23-18/h3-8,11-12,23,25H,9-10,13H2,1-2H3,(H,24,26,28)/b8-7+. The molecule has 2 amide bonds. The Morgan fingerprint density at radius 3 is 2.97 bits per heavy atom. The van der Waals surface area contributed by atoms with Crippen LogP contribution in [0.4, 0.5) is 11.5 Å². The Morgan fingerprint density at radius 1 is 1.31 bits per heavy atom. The molecule has 1 aliphatic heterocycles. The summed E-state index contributed by atoms with van der Waals surface area (Å²) in [5.41, 5.74) is 4.81. The van der Waals surface area contributed by atoms with Crippen LogP contribution in [-0.2, 0) is 16.1 Å². The molecular formula is C22H23N5O2. The third kappa shape index (κ3) is 3.99. The van der Waals surface area contributed by atoms with Gasteiger partial charge in [0.2, 0.25) is 11.8 Å². The lowest BCUT2D eigenvalue weighted by Gasteiger charge is -2.15. The van der Waals surface area contributed by atoms with Gasteiger partial charge in [-0.2, -0.15) is 0 Å². The van der Waals surface area contributed by atoms with Crippen LogP contribution in [0.1, 0.15) is 23.2 Å². The van der Waals surface area contributed by atoms with Crippen LogP contribution in [-0.4, -0.2) is 40.3 Å². The number of nitrogens with zero attached hydrogens (tertiary/aromatic N) is 2. The van der Waals surface area contributed by atoms with E-state index in [9.17, 15) is 9.59 Å². The Hall–Kier alpha value is -3.61. The molecule has 29 heavy (non-hydrogen) atoms. The topological polar surface area (TPSA) is 90.1 Å². The van der Waals surface area contributed by atoms with Gasteiger partial charge in [-0.15, -0.1) is 0 Å². The van der Waals surface area contributed by atoms with E-state index in [1.807, 2.05) is 24.3 Å². The summed E-state index contributed by atoms with van der Waals surface area (Å²) in [6.45, 7) is 3.12. The van der Waals surface area contributed by atoms with Gasteiger partial charge in [0.15, 0.2) is 5.82 Å². The summed E-state index contributed by atoms with van der Waals surface area (Å²) in [6.07, 6.45) is 5.31. The van der Waals surface area contributed by atoms with E-state index in [1.165, 1.54) is 11.5 Å². The van der Waals surface area contributed by atoms with Gasteiger partial charge >= 0.3 is 0 Å². The maximum Gasteiger partial charge on any atom is 0.246 e. The number of aromatic amines is 1. The number of nitrogens with one attached hydrogen (secondary N) is 3. The summed E-state index contributed by atoms with van der Waals surface area (Å²) in [4.78, 5) is 33.5. The molecule has 0 atom stereocenters. The second-order valence-electron chi connectivity index (χ2n) is 7.19. The number of para-hydroxylation sites is 1. The lowest BCUT2D eigenvalue weighted by Crippen LogP contribution is -2.24. The first-order chi connectivity index (χ1) is 14.0. The van der Waals surface area contributed by atoms with Gasteiger partial charge in [0.05, 0.1) is 12.2 Å². The number of carbonyl (C=O) groups is 2. The van der Waals surface area contributed by atoms with E-state index >= 15 is 0 Å². The molecule has 1 aromatic carbocycles. The highest BCUT2D eigenvalue weighted by Crippen LogP contribution is 2.24. The average Bonchev–Trinajstić information content (AvgIpc) is 2.90. The number of amides is 2. The van der Waals surface area contributed by atoms with Crippen molar-refractivity contribution in [2.75, 3.05) is 24.2 Å². The number of anilines is 2. The lowest BCUT2D eigenvalue weighted by molar-refractivity contribution is -0.125. The lowest BCUT2D eigenvalue weighted by atomic mass is 10.1. The van der Waals surface area contributed by atoms with Crippen molar-refractivity contribution in [2.24, 2.45) is 0 Å². The minimum atomic E-state index is -0.0979. The fourth-order valence-corrected chi connectivity index (χ4v) is 3.42. The van der Waals surface area contributed by atoms with E-state index < -0.39 is 0 Å². The second-order valence-corrected chi connectivity index (χ2v) is 7.19. The number of aromatic nitrogens is 2. The molecule has 1 aliphatic rings. The molecule has 0 fully saturated rings. The Labute approximate surface area is 168 Å². The highest BCUT2D eigenvalue weighted by Gasteiger charge is 2.14. The van der Waals surface area contributed by atoms with Gasteiger partial charge < -0.3 is 20.5 Å². The number of likely N-dealkylation sites (N-methyl/N-ethyl adjacent to an activating group) is 1. The summed E-state index contributed by atoms with van der Waals surface area (Å²) in [5.74, 6) is 0.359. The van der Waals surface area contributed by atoms with Crippen LogP contribution in [0.25, 0.3) is 17.0 Å². The van der Waals surface area contributed by atoms with Gasteiger partial charge in [-0.05, 0) is 36.3 Å². The van der Waals surface area contributed by atoms with Crippen LogP contribution in [0.5, 0.6) is 0 Å². The zero-order chi connectivity index (χ0) is 20.4. The summed E-state index contributed by atoms with van der Waals surface area (Å²) in [6, 6.07) is 10.00. The monoisotopic (exact) mass is 389 g/mol. The number of hydrogen-bond donors (Lipinski definition) is 3. The van der Waals surface area contributed by atoms with Crippen molar-refractivity contribution in [2.45, 2.75) is 19.9 Å². The van der Waals surface area contributed by atoms with Gasteiger partial charge in [0.25, 0.3) is 0 Å². The van der Waals surface area contributed by atoms with Crippen LogP contribution in [0.3, 0.4) is 0 Å². The Kier molecular flexibility index (Phi) is 5.03.